The Labute approximate surface area is 91.9 Å². The molecule has 0 aliphatic heterocycles. The number of likely N-dealkylation sites (N-methyl/N-ethyl adjacent to an activating group) is 1. The van der Waals surface area contributed by atoms with E-state index in [0.29, 0.717) is 13.2 Å². The van der Waals surface area contributed by atoms with Crippen LogP contribution in [0.4, 0.5) is 0 Å². The molecule has 1 aromatic rings. The van der Waals surface area contributed by atoms with Gasteiger partial charge in [-0.15, -0.1) is 6.42 Å². The Kier molecular flexibility index (Phi) is 4.73. The molecule has 0 spiro atoms. The van der Waals surface area contributed by atoms with E-state index in [1.807, 2.05) is 38.2 Å². The summed E-state index contributed by atoms with van der Waals surface area (Å²) in [5.74, 6) is 3.55. The molecule has 0 atom stereocenters. The summed E-state index contributed by atoms with van der Waals surface area (Å²) in [6.07, 6.45) is 5.20. The van der Waals surface area contributed by atoms with Gasteiger partial charge in [0.1, 0.15) is 12.4 Å². The molecule has 1 rings (SSSR count). The molecule has 0 N–H and O–H groups in total. The van der Waals surface area contributed by atoms with E-state index in [1.54, 1.807) is 0 Å². The molecule has 0 amide bonds. The molecule has 1 aromatic carbocycles. The second-order valence-corrected chi connectivity index (χ2v) is 3.56. The van der Waals surface area contributed by atoms with Crippen LogP contribution in [0.5, 0.6) is 5.75 Å². The molecular weight excluding hydrogens is 186 g/mol. The SMILES string of the molecule is C#CCN(C)CCOc1ccccc1C. The summed E-state index contributed by atoms with van der Waals surface area (Å²) in [4.78, 5) is 2.05. The van der Waals surface area contributed by atoms with E-state index >= 15 is 0 Å². The van der Waals surface area contributed by atoms with Crippen LogP contribution in [0.3, 0.4) is 0 Å². The maximum Gasteiger partial charge on any atom is 0.122 e. The van der Waals surface area contributed by atoms with Crippen LogP contribution in [-0.2, 0) is 0 Å². The second kappa shape index (κ2) is 6.10. The summed E-state index contributed by atoms with van der Waals surface area (Å²) >= 11 is 0. The predicted molar refractivity (Wildman–Crippen MR) is 63.0 cm³/mol. The lowest BCUT2D eigenvalue weighted by Crippen LogP contribution is -2.24. The number of aryl methyl sites for hydroxylation is 1. The van der Waals surface area contributed by atoms with Crippen molar-refractivity contribution in [1.29, 1.82) is 0 Å². The lowest BCUT2D eigenvalue weighted by molar-refractivity contribution is 0.250. The number of rotatable bonds is 5. The third-order valence-electron chi connectivity index (χ3n) is 2.19. The molecular formula is C13H17NO. The van der Waals surface area contributed by atoms with E-state index in [0.717, 1.165) is 17.9 Å². The summed E-state index contributed by atoms with van der Waals surface area (Å²) in [6, 6.07) is 8.01. The van der Waals surface area contributed by atoms with E-state index in [9.17, 15) is 0 Å². The van der Waals surface area contributed by atoms with Crippen molar-refractivity contribution in [2.45, 2.75) is 6.92 Å². The molecule has 0 unspecified atom stereocenters. The van der Waals surface area contributed by atoms with E-state index in [-0.39, 0.29) is 0 Å². The van der Waals surface area contributed by atoms with Crippen molar-refractivity contribution in [3.05, 3.63) is 29.8 Å². The highest BCUT2D eigenvalue weighted by Crippen LogP contribution is 2.15. The van der Waals surface area contributed by atoms with E-state index in [4.69, 9.17) is 11.2 Å². The molecule has 80 valence electrons. The Morgan fingerprint density at radius 2 is 2.13 bits per heavy atom. The fourth-order valence-corrected chi connectivity index (χ4v) is 1.26. The summed E-state index contributed by atoms with van der Waals surface area (Å²) in [6.45, 7) is 4.22. The summed E-state index contributed by atoms with van der Waals surface area (Å²) in [5.41, 5.74) is 1.16. The van der Waals surface area contributed by atoms with E-state index in [1.165, 1.54) is 0 Å². The van der Waals surface area contributed by atoms with Gasteiger partial charge in [0, 0.05) is 6.54 Å². The zero-order valence-electron chi connectivity index (χ0n) is 9.36. The standard InChI is InChI=1S/C13H17NO/c1-4-9-14(3)10-11-15-13-8-6-5-7-12(13)2/h1,5-8H,9-11H2,2-3H3. The first-order valence-electron chi connectivity index (χ1n) is 5.04. The fourth-order valence-electron chi connectivity index (χ4n) is 1.26. The minimum Gasteiger partial charge on any atom is -0.492 e. The van der Waals surface area contributed by atoms with Crippen molar-refractivity contribution >= 4 is 0 Å². The number of benzene rings is 1. The minimum atomic E-state index is 0.664. The largest absolute Gasteiger partial charge is 0.492 e. The van der Waals surface area contributed by atoms with Crippen LogP contribution in [0.15, 0.2) is 24.3 Å². The molecule has 0 aliphatic carbocycles. The van der Waals surface area contributed by atoms with Gasteiger partial charge in [0.15, 0.2) is 0 Å². The summed E-state index contributed by atoms with van der Waals surface area (Å²) in [7, 11) is 1.99. The van der Waals surface area contributed by atoms with Crippen LogP contribution in [0.25, 0.3) is 0 Å². The van der Waals surface area contributed by atoms with Crippen molar-refractivity contribution in [3.63, 3.8) is 0 Å². The van der Waals surface area contributed by atoms with Crippen molar-refractivity contribution in [1.82, 2.24) is 4.90 Å². The third-order valence-corrected chi connectivity index (χ3v) is 2.19. The topological polar surface area (TPSA) is 12.5 Å². The zero-order chi connectivity index (χ0) is 11.1. The molecule has 0 aliphatic rings. The Balaban J connectivity index is 2.32. The predicted octanol–water partition coefficient (Wildman–Crippen LogP) is 1.94. The Morgan fingerprint density at radius 1 is 1.40 bits per heavy atom. The fraction of sp³-hybridized carbons (Fsp3) is 0.385. The second-order valence-electron chi connectivity index (χ2n) is 3.56. The van der Waals surface area contributed by atoms with Crippen LogP contribution < -0.4 is 4.74 Å². The third kappa shape index (κ3) is 4.05. The number of para-hydroxylation sites is 1. The van der Waals surface area contributed by atoms with Crippen molar-refractivity contribution < 1.29 is 4.74 Å². The Morgan fingerprint density at radius 3 is 2.80 bits per heavy atom. The van der Waals surface area contributed by atoms with Gasteiger partial charge in [-0.25, -0.2) is 0 Å². The molecule has 0 saturated heterocycles. The quantitative estimate of drug-likeness (QED) is 0.678. The highest BCUT2D eigenvalue weighted by molar-refractivity contribution is 5.31. The van der Waals surface area contributed by atoms with Crippen LogP contribution in [0, 0.1) is 19.3 Å². The van der Waals surface area contributed by atoms with Gasteiger partial charge in [0.25, 0.3) is 0 Å². The lowest BCUT2D eigenvalue weighted by atomic mass is 10.2. The van der Waals surface area contributed by atoms with E-state index in [2.05, 4.69) is 10.8 Å². The Hall–Kier alpha value is -1.46. The number of hydrogen-bond donors (Lipinski definition) is 0. The monoisotopic (exact) mass is 203 g/mol. The molecule has 0 saturated carbocycles. The first kappa shape index (κ1) is 11.6. The Bertz CT molecular complexity index is 341. The van der Waals surface area contributed by atoms with Gasteiger partial charge in [0.05, 0.1) is 6.54 Å². The molecule has 0 fully saturated rings. The van der Waals surface area contributed by atoms with Gasteiger partial charge in [-0.05, 0) is 25.6 Å². The molecule has 0 aromatic heterocycles. The normalized spacial score (nSPS) is 10.0. The lowest BCUT2D eigenvalue weighted by Gasteiger charge is -2.14. The highest BCUT2D eigenvalue weighted by atomic mass is 16.5. The summed E-state index contributed by atoms with van der Waals surface area (Å²) < 4.78 is 5.64. The average Bonchev–Trinajstić information content (AvgIpc) is 2.21. The minimum absolute atomic E-state index is 0.664. The van der Waals surface area contributed by atoms with Crippen LogP contribution >= 0.6 is 0 Å². The number of nitrogens with zero attached hydrogens (tertiary/aromatic N) is 1. The molecule has 2 nitrogen and oxygen atoms in total. The van der Waals surface area contributed by atoms with Gasteiger partial charge in [-0.2, -0.15) is 0 Å². The average molecular weight is 203 g/mol. The number of terminal acetylenes is 1. The van der Waals surface area contributed by atoms with Crippen molar-refractivity contribution in [2.75, 3.05) is 26.7 Å². The van der Waals surface area contributed by atoms with Gasteiger partial charge in [0.2, 0.25) is 0 Å². The molecule has 0 heterocycles. The van der Waals surface area contributed by atoms with Crippen LogP contribution in [-0.4, -0.2) is 31.6 Å². The van der Waals surface area contributed by atoms with Gasteiger partial charge in [-0.3, -0.25) is 4.90 Å². The zero-order valence-corrected chi connectivity index (χ0v) is 9.36. The van der Waals surface area contributed by atoms with Gasteiger partial charge in [-0.1, -0.05) is 24.1 Å². The van der Waals surface area contributed by atoms with Gasteiger partial charge < -0.3 is 4.74 Å². The molecule has 0 bridgehead atoms. The first-order valence-corrected chi connectivity index (χ1v) is 5.04. The molecule has 2 heteroatoms. The van der Waals surface area contributed by atoms with E-state index < -0.39 is 0 Å². The smallest absolute Gasteiger partial charge is 0.122 e. The maximum absolute atomic E-state index is 5.64. The van der Waals surface area contributed by atoms with Crippen LogP contribution in [0.2, 0.25) is 0 Å². The van der Waals surface area contributed by atoms with Gasteiger partial charge >= 0.3 is 0 Å². The molecule has 15 heavy (non-hydrogen) atoms. The number of hydrogen-bond acceptors (Lipinski definition) is 2. The number of ether oxygens (including phenoxy) is 1. The molecule has 0 radical (unpaired) electrons. The summed E-state index contributed by atoms with van der Waals surface area (Å²) in [5, 5.41) is 0. The van der Waals surface area contributed by atoms with Crippen LogP contribution in [0.1, 0.15) is 5.56 Å². The first-order chi connectivity index (χ1) is 7.24. The van der Waals surface area contributed by atoms with Crippen molar-refractivity contribution in [3.8, 4) is 18.1 Å². The maximum atomic E-state index is 5.64. The van der Waals surface area contributed by atoms with Crippen molar-refractivity contribution in [2.24, 2.45) is 0 Å². The highest BCUT2D eigenvalue weighted by Gasteiger charge is 1.99.